The van der Waals surface area contributed by atoms with E-state index in [1.54, 1.807) is 5.01 Å². The van der Waals surface area contributed by atoms with Gasteiger partial charge < -0.3 is 4.74 Å². The molecule has 9 heavy (non-hydrogen) atoms. The van der Waals surface area contributed by atoms with Gasteiger partial charge in [0.15, 0.2) is 0 Å². The molecule has 0 unspecified atom stereocenters. The van der Waals surface area contributed by atoms with Crippen molar-refractivity contribution in [2.45, 2.75) is 0 Å². The Labute approximate surface area is 56.1 Å². The fourth-order valence-corrected chi connectivity index (χ4v) is 0.577. The Morgan fingerprint density at radius 1 is 1.22 bits per heavy atom. The topological polar surface area (TPSA) is 38.5 Å². The smallest absolute Gasteiger partial charge is 0.0608 e. The van der Waals surface area contributed by atoms with Gasteiger partial charge in [0.1, 0.15) is 0 Å². The van der Waals surface area contributed by atoms with E-state index in [1.165, 1.54) is 0 Å². The van der Waals surface area contributed by atoms with Crippen LogP contribution in [0, 0.1) is 0 Å². The summed E-state index contributed by atoms with van der Waals surface area (Å²) in [6.45, 7) is 9.33. The van der Waals surface area contributed by atoms with E-state index in [-0.39, 0.29) is 0 Å². The van der Waals surface area contributed by atoms with Gasteiger partial charge in [0.05, 0.1) is 13.2 Å². The Morgan fingerprint density at radius 2 is 1.67 bits per heavy atom. The highest BCUT2D eigenvalue weighted by Crippen LogP contribution is 1.86. The second kappa shape index (κ2) is 5.75. The minimum absolute atomic E-state index is 0.788. The van der Waals surface area contributed by atoms with Crippen LogP contribution in [0.3, 0.4) is 0 Å². The third-order valence-electron chi connectivity index (χ3n) is 1.05. The molecule has 1 fully saturated rings. The molecule has 2 N–H and O–H groups in total. The van der Waals surface area contributed by atoms with Crippen molar-refractivity contribution in [1.29, 1.82) is 0 Å². The fraction of sp³-hybridized carbons (Fsp3) is 0.667. The van der Waals surface area contributed by atoms with E-state index in [4.69, 9.17) is 10.6 Å². The molecule has 0 saturated carbocycles. The van der Waals surface area contributed by atoms with Gasteiger partial charge in [0.25, 0.3) is 0 Å². The van der Waals surface area contributed by atoms with Gasteiger partial charge in [-0.05, 0) is 0 Å². The Balaban J connectivity index is 0.000000291. The number of nitrogens with two attached hydrogens (primary N) is 1. The van der Waals surface area contributed by atoms with Crippen molar-refractivity contribution in [3.05, 3.63) is 13.2 Å². The van der Waals surface area contributed by atoms with E-state index in [2.05, 4.69) is 13.2 Å². The predicted octanol–water partition coefficient (Wildman–Crippen LogP) is -0.00550. The first-order valence-electron chi connectivity index (χ1n) is 2.97. The van der Waals surface area contributed by atoms with Crippen molar-refractivity contribution in [2.75, 3.05) is 26.3 Å². The van der Waals surface area contributed by atoms with Crippen molar-refractivity contribution in [3.63, 3.8) is 0 Å². The lowest BCUT2D eigenvalue weighted by molar-refractivity contribution is 0.0378. The highest BCUT2D eigenvalue weighted by Gasteiger charge is 2.02. The first-order valence-corrected chi connectivity index (χ1v) is 2.97. The van der Waals surface area contributed by atoms with E-state index in [0.29, 0.717) is 0 Å². The standard InChI is InChI=1S/C4H10N2O.C2H4/c5-6-1-3-7-4-2-6;1-2/h1-5H2;1-2H2. The van der Waals surface area contributed by atoms with Crippen LogP contribution >= 0.6 is 0 Å². The molecule has 0 amide bonds. The Morgan fingerprint density at radius 3 is 1.89 bits per heavy atom. The first-order chi connectivity index (χ1) is 4.39. The second-order valence-corrected chi connectivity index (χ2v) is 1.65. The van der Waals surface area contributed by atoms with Crippen molar-refractivity contribution in [2.24, 2.45) is 5.84 Å². The third kappa shape index (κ3) is 4.14. The van der Waals surface area contributed by atoms with Crippen LogP contribution in [0.2, 0.25) is 0 Å². The summed E-state index contributed by atoms with van der Waals surface area (Å²) < 4.78 is 5.02. The fourth-order valence-electron chi connectivity index (χ4n) is 0.577. The molecular weight excluding hydrogens is 116 g/mol. The molecule has 0 bridgehead atoms. The number of hydrogen-bond donors (Lipinski definition) is 1. The minimum atomic E-state index is 0.788. The summed E-state index contributed by atoms with van der Waals surface area (Å²) in [4.78, 5) is 0. The highest BCUT2D eigenvalue weighted by atomic mass is 16.5. The molecule has 3 nitrogen and oxygen atoms in total. The number of hydrazine groups is 1. The molecule has 1 rings (SSSR count). The van der Waals surface area contributed by atoms with Crippen LogP contribution < -0.4 is 5.84 Å². The summed E-state index contributed by atoms with van der Waals surface area (Å²) in [7, 11) is 0. The van der Waals surface area contributed by atoms with E-state index >= 15 is 0 Å². The third-order valence-corrected chi connectivity index (χ3v) is 1.05. The first kappa shape index (κ1) is 8.62. The zero-order valence-corrected chi connectivity index (χ0v) is 5.68. The normalized spacial score (nSPS) is 20.1. The number of ether oxygens (including phenoxy) is 1. The zero-order valence-electron chi connectivity index (χ0n) is 5.68. The van der Waals surface area contributed by atoms with Crippen LogP contribution in [0.25, 0.3) is 0 Å². The van der Waals surface area contributed by atoms with Crippen LogP contribution in [0.4, 0.5) is 0 Å². The maximum Gasteiger partial charge on any atom is 0.0608 e. The Bertz CT molecular complexity index is 62.1. The maximum atomic E-state index is 5.39. The quantitative estimate of drug-likeness (QED) is 0.370. The molecule has 54 valence electrons. The molecule has 1 saturated heterocycles. The summed E-state index contributed by atoms with van der Waals surface area (Å²) in [6.07, 6.45) is 0. The average molecular weight is 130 g/mol. The van der Waals surface area contributed by atoms with Crippen molar-refractivity contribution >= 4 is 0 Å². The molecule has 0 aromatic rings. The maximum absolute atomic E-state index is 5.39. The van der Waals surface area contributed by atoms with Gasteiger partial charge in [-0.25, -0.2) is 5.01 Å². The molecule has 0 radical (unpaired) electrons. The minimum Gasteiger partial charge on any atom is -0.379 e. The number of rotatable bonds is 0. The molecule has 0 aromatic carbocycles. The molecule has 1 aliphatic heterocycles. The summed E-state index contributed by atoms with van der Waals surface area (Å²) in [5.41, 5.74) is 0. The molecular formula is C6H14N2O. The largest absolute Gasteiger partial charge is 0.379 e. The molecule has 0 atom stereocenters. The van der Waals surface area contributed by atoms with Crippen LogP contribution in [0.5, 0.6) is 0 Å². The van der Waals surface area contributed by atoms with E-state index in [9.17, 15) is 0 Å². The lowest BCUT2D eigenvalue weighted by atomic mass is 10.5. The predicted molar refractivity (Wildman–Crippen MR) is 37.8 cm³/mol. The van der Waals surface area contributed by atoms with Crippen LogP contribution in [0.15, 0.2) is 13.2 Å². The molecule has 0 aromatic heterocycles. The van der Waals surface area contributed by atoms with Crippen LogP contribution in [-0.2, 0) is 4.74 Å². The second-order valence-electron chi connectivity index (χ2n) is 1.65. The van der Waals surface area contributed by atoms with Crippen molar-refractivity contribution in [3.8, 4) is 0 Å². The summed E-state index contributed by atoms with van der Waals surface area (Å²) in [5, 5.41) is 1.77. The van der Waals surface area contributed by atoms with E-state index in [1.807, 2.05) is 0 Å². The summed E-state index contributed by atoms with van der Waals surface area (Å²) in [5.74, 6) is 5.39. The van der Waals surface area contributed by atoms with Crippen molar-refractivity contribution in [1.82, 2.24) is 5.01 Å². The molecule has 0 spiro atoms. The van der Waals surface area contributed by atoms with Gasteiger partial charge in [-0.1, -0.05) is 0 Å². The van der Waals surface area contributed by atoms with E-state index in [0.717, 1.165) is 26.3 Å². The van der Waals surface area contributed by atoms with E-state index < -0.39 is 0 Å². The average Bonchev–Trinajstić information content (AvgIpc) is 1.94. The Kier molecular flexibility index (Phi) is 5.51. The van der Waals surface area contributed by atoms with Gasteiger partial charge >= 0.3 is 0 Å². The Hall–Kier alpha value is -0.380. The van der Waals surface area contributed by atoms with Gasteiger partial charge in [-0.15, -0.1) is 13.2 Å². The summed E-state index contributed by atoms with van der Waals surface area (Å²) in [6, 6.07) is 0. The lowest BCUT2D eigenvalue weighted by Crippen LogP contribution is -2.41. The molecule has 3 heteroatoms. The van der Waals surface area contributed by atoms with Crippen molar-refractivity contribution < 1.29 is 4.74 Å². The number of nitrogens with zero attached hydrogens (tertiary/aromatic N) is 1. The monoisotopic (exact) mass is 130 g/mol. The van der Waals surface area contributed by atoms with Gasteiger partial charge in [-0.3, -0.25) is 5.84 Å². The number of morpholine rings is 1. The zero-order chi connectivity index (χ0) is 7.11. The molecule has 0 aliphatic carbocycles. The highest BCUT2D eigenvalue weighted by molar-refractivity contribution is 4.51. The van der Waals surface area contributed by atoms with Crippen LogP contribution in [0.1, 0.15) is 0 Å². The lowest BCUT2D eigenvalue weighted by Gasteiger charge is -2.20. The summed E-state index contributed by atoms with van der Waals surface area (Å²) >= 11 is 0. The van der Waals surface area contributed by atoms with Gasteiger partial charge in [0.2, 0.25) is 0 Å². The van der Waals surface area contributed by atoms with Crippen LogP contribution in [-0.4, -0.2) is 31.3 Å². The number of hydrogen-bond acceptors (Lipinski definition) is 3. The van der Waals surface area contributed by atoms with Gasteiger partial charge in [0, 0.05) is 13.1 Å². The molecule has 1 heterocycles. The molecule has 1 aliphatic rings. The SMILES string of the molecule is C=C.NN1CCOCC1. The van der Waals surface area contributed by atoms with Gasteiger partial charge in [-0.2, -0.15) is 0 Å².